The molecule has 0 aromatic heterocycles. The Hall–Kier alpha value is -1.37. The summed E-state index contributed by atoms with van der Waals surface area (Å²) in [7, 11) is 0. The molecule has 2 rings (SSSR count). The summed E-state index contributed by atoms with van der Waals surface area (Å²) in [5.74, 6) is 0.182. The standard InChI is InChI=1S/C26H49N5O/c1-2-3-4-5-6-7-8-9-10-11-13-18-26(32)19-17-24-30(22-16-23-31(24)26)21-15-12-14-20-29-25(27)28/h2,17,19,24,32H,1,3-16,18,20-23H2,(H4,27,28,29). The third kappa shape index (κ3) is 9.63. The van der Waals surface area contributed by atoms with Crippen molar-refractivity contribution in [1.82, 2.24) is 9.80 Å². The smallest absolute Gasteiger partial charge is 0.185 e. The minimum atomic E-state index is -0.748. The molecule has 0 aliphatic carbocycles. The van der Waals surface area contributed by atoms with Crippen molar-refractivity contribution in [3.63, 3.8) is 0 Å². The van der Waals surface area contributed by atoms with E-state index in [1.807, 2.05) is 6.08 Å². The summed E-state index contributed by atoms with van der Waals surface area (Å²) in [6, 6.07) is 0. The summed E-state index contributed by atoms with van der Waals surface area (Å²) in [5, 5.41) is 11.3. The van der Waals surface area contributed by atoms with Gasteiger partial charge in [0.05, 0.1) is 6.17 Å². The molecule has 2 aliphatic rings. The van der Waals surface area contributed by atoms with Crippen LogP contribution in [0.2, 0.25) is 0 Å². The Bertz CT molecular complexity index is 575. The Morgan fingerprint density at radius 3 is 2.31 bits per heavy atom. The van der Waals surface area contributed by atoms with Crippen LogP contribution in [0.3, 0.4) is 0 Å². The zero-order chi connectivity index (χ0) is 23.1. The number of nitrogens with zero attached hydrogens (tertiary/aromatic N) is 3. The number of hydrogen-bond acceptors (Lipinski definition) is 4. The van der Waals surface area contributed by atoms with Crippen LogP contribution in [-0.2, 0) is 0 Å². The Morgan fingerprint density at radius 1 is 0.969 bits per heavy atom. The van der Waals surface area contributed by atoms with Gasteiger partial charge in [0.25, 0.3) is 0 Å². The summed E-state index contributed by atoms with van der Waals surface area (Å²) in [6.07, 6.45) is 24.7. The first kappa shape index (κ1) is 26.9. The molecule has 0 saturated carbocycles. The summed E-state index contributed by atoms with van der Waals surface area (Å²) in [6.45, 7) is 7.67. The van der Waals surface area contributed by atoms with Crippen molar-refractivity contribution in [2.45, 2.75) is 108 Å². The molecule has 1 fully saturated rings. The van der Waals surface area contributed by atoms with Crippen LogP contribution in [0.25, 0.3) is 0 Å². The zero-order valence-electron chi connectivity index (χ0n) is 20.4. The maximum Gasteiger partial charge on any atom is 0.185 e. The molecule has 0 amide bonds. The molecule has 0 radical (unpaired) electrons. The fourth-order valence-corrected chi connectivity index (χ4v) is 5.08. The molecule has 0 bridgehead atoms. The summed E-state index contributed by atoms with van der Waals surface area (Å²) < 4.78 is 0. The number of hydrogen-bond donors (Lipinski definition) is 3. The molecule has 2 heterocycles. The van der Waals surface area contributed by atoms with E-state index in [1.165, 1.54) is 51.4 Å². The lowest BCUT2D eigenvalue weighted by molar-refractivity contribution is -0.122. The van der Waals surface area contributed by atoms with Crippen LogP contribution in [0.4, 0.5) is 0 Å². The molecule has 0 aromatic carbocycles. The molecule has 6 heteroatoms. The molecule has 6 nitrogen and oxygen atoms in total. The Kier molecular flexibility index (Phi) is 13.0. The van der Waals surface area contributed by atoms with Crippen LogP contribution < -0.4 is 11.5 Å². The summed E-state index contributed by atoms with van der Waals surface area (Å²) >= 11 is 0. The number of unbranched alkanes of at least 4 members (excludes halogenated alkanes) is 11. The quantitative estimate of drug-likeness (QED) is 0.125. The van der Waals surface area contributed by atoms with Gasteiger partial charge in [0.1, 0.15) is 5.72 Å². The largest absolute Gasteiger partial charge is 0.372 e. The molecule has 184 valence electrons. The molecular weight excluding hydrogens is 398 g/mol. The highest BCUT2D eigenvalue weighted by atomic mass is 16.3. The zero-order valence-corrected chi connectivity index (χ0v) is 20.4. The monoisotopic (exact) mass is 447 g/mol. The highest BCUT2D eigenvalue weighted by Crippen LogP contribution is 2.34. The van der Waals surface area contributed by atoms with Crippen molar-refractivity contribution >= 4 is 5.96 Å². The van der Waals surface area contributed by atoms with Gasteiger partial charge in [-0.15, -0.1) is 6.58 Å². The molecule has 2 unspecified atom stereocenters. The van der Waals surface area contributed by atoms with Crippen molar-refractivity contribution in [3.05, 3.63) is 24.8 Å². The first-order chi connectivity index (χ1) is 15.6. The topological polar surface area (TPSA) is 91.1 Å². The van der Waals surface area contributed by atoms with E-state index in [0.717, 1.165) is 64.6 Å². The van der Waals surface area contributed by atoms with Gasteiger partial charge < -0.3 is 16.6 Å². The highest BCUT2D eigenvalue weighted by Gasteiger charge is 2.43. The second-order valence-corrected chi connectivity index (χ2v) is 9.61. The van der Waals surface area contributed by atoms with E-state index >= 15 is 0 Å². The average molecular weight is 448 g/mol. The van der Waals surface area contributed by atoms with Gasteiger partial charge in [0, 0.05) is 19.6 Å². The average Bonchev–Trinajstić information content (AvgIpc) is 3.12. The molecular formula is C26H49N5O. The molecule has 32 heavy (non-hydrogen) atoms. The van der Waals surface area contributed by atoms with Crippen LogP contribution in [0.5, 0.6) is 0 Å². The number of fused-ring (bicyclic) bond motifs is 1. The third-order valence-electron chi connectivity index (χ3n) is 6.92. The molecule has 0 aromatic rings. The van der Waals surface area contributed by atoms with E-state index < -0.39 is 5.72 Å². The van der Waals surface area contributed by atoms with Crippen LogP contribution in [0.15, 0.2) is 29.8 Å². The number of aliphatic hydroxyl groups is 1. The van der Waals surface area contributed by atoms with Gasteiger partial charge in [-0.1, -0.05) is 63.5 Å². The fraction of sp³-hybridized carbons (Fsp3) is 0.808. The van der Waals surface area contributed by atoms with E-state index in [-0.39, 0.29) is 12.1 Å². The summed E-state index contributed by atoms with van der Waals surface area (Å²) in [4.78, 5) is 8.89. The van der Waals surface area contributed by atoms with Gasteiger partial charge in [-0.3, -0.25) is 14.8 Å². The van der Waals surface area contributed by atoms with Crippen LogP contribution in [-0.4, -0.2) is 58.9 Å². The van der Waals surface area contributed by atoms with Crippen LogP contribution in [0, 0.1) is 0 Å². The maximum atomic E-state index is 11.3. The maximum absolute atomic E-state index is 11.3. The number of guanidine groups is 1. The first-order valence-electron chi connectivity index (χ1n) is 13.2. The van der Waals surface area contributed by atoms with Crippen molar-refractivity contribution in [1.29, 1.82) is 0 Å². The van der Waals surface area contributed by atoms with Crippen molar-refractivity contribution in [2.24, 2.45) is 16.5 Å². The minimum absolute atomic E-state index is 0.182. The SMILES string of the molecule is C=CCCCCCCCCCCCC1(O)C=CC2N(CCCCCN=C(N)N)CCCN21. The van der Waals surface area contributed by atoms with E-state index in [4.69, 9.17) is 11.5 Å². The predicted molar refractivity (Wildman–Crippen MR) is 136 cm³/mol. The Labute approximate surface area is 196 Å². The normalized spacial score (nSPS) is 23.3. The van der Waals surface area contributed by atoms with E-state index in [2.05, 4.69) is 33.5 Å². The number of rotatable bonds is 18. The van der Waals surface area contributed by atoms with Gasteiger partial charge in [0.15, 0.2) is 5.96 Å². The molecule has 2 atom stereocenters. The molecule has 1 saturated heterocycles. The van der Waals surface area contributed by atoms with Gasteiger partial charge in [-0.25, -0.2) is 0 Å². The van der Waals surface area contributed by atoms with Crippen LogP contribution >= 0.6 is 0 Å². The lowest BCUT2D eigenvalue weighted by Crippen LogP contribution is -2.58. The van der Waals surface area contributed by atoms with Gasteiger partial charge in [0.2, 0.25) is 0 Å². The van der Waals surface area contributed by atoms with Gasteiger partial charge in [-0.2, -0.15) is 0 Å². The second kappa shape index (κ2) is 15.5. The first-order valence-corrected chi connectivity index (χ1v) is 13.2. The lowest BCUT2D eigenvalue weighted by Gasteiger charge is -2.45. The predicted octanol–water partition coefficient (Wildman–Crippen LogP) is 4.50. The number of allylic oxidation sites excluding steroid dienone is 1. The van der Waals surface area contributed by atoms with E-state index in [0.29, 0.717) is 6.54 Å². The summed E-state index contributed by atoms with van der Waals surface area (Å²) in [5.41, 5.74) is 10.0. The molecule has 0 spiro atoms. The van der Waals surface area contributed by atoms with Gasteiger partial charge >= 0.3 is 0 Å². The van der Waals surface area contributed by atoms with Gasteiger partial charge in [-0.05, 0) is 57.6 Å². The minimum Gasteiger partial charge on any atom is -0.372 e. The van der Waals surface area contributed by atoms with Crippen molar-refractivity contribution in [3.8, 4) is 0 Å². The van der Waals surface area contributed by atoms with Crippen LogP contribution in [0.1, 0.15) is 96.3 Å². The fourth-order valence-electron chi connectivity index (χ4n) is 5.08. The number of nitrogens with two attached hydrogens (primary N) is 2. The second-order valence-electron chi connectivity index (χ2n) is 9.61. The Balaban J connectivity index is 1.58. The number of aliphatic imine (C=N–C) groups is 1. The van der Waals surface area contributed by atoms with Crippen molar-refractivity contribution in [2.75, 3.05) is 26.2 Å². The Morgan fingerprint density at radius 2 is 1.62 bits per heavy atom. The third-order valence-corrected chi connectivity index (χ3v) is 6.92. The van der Waals surface area contributed by atoms with E-state index in [9.17, 15) is 5.11 Å². The van der Waals surface area contributed by atoms with Crippen molar-refractivity contribution < 1.29 is 5.11 Å². The van der Waals surface area contributed by atoms with E-state index in [1.54, 1.807) is 0 Å². The molecule has 5 N–H and O–H groups in total. The lowest BCUT2D eigenvalue weighted by atomic mass is 10.0. The molecule has 2 aliphatic heterocycles. The highest BCUT2D eigenvalue weighted by molar-refractivity contribution is 5.75.